The van der Waals surface area contributed by atoms with E-state index in [0.717, 1.165) is 0 Å². The summed E-state index contributed by atoms with van der Waals surface area (Å²) in [5.74, 6) is -0.0411. The predicted octanol–water partition coefficient (Wildman–Crippen LogP) is 2.82. The lowest BCUT2D eigenvalue weighted by molar-refractivity contribution is 0.111. The summed E-state index contributed by atoms with van der Waals surface area (Å²) in [5.41, 5.74) is -0.0975. The van der Waals surface area contributed by atoms with Crippen LogP contribution >= 0.6 is 0 Å². The third-order valence-corrected chi connectivity index (χ3v) is 1.88. The van der Waals surface area contributed by atoms with Crippen molar-refractivity contribution >= 4 is 6.29 Å². The fraction of sp³-hybridized carbons (Fsp3) is 0.417. The molecule has 0 aromatic heterocycles. The Labute approximate surface area is 94.2 Å². The maximum atomic E-state index is 13.4. The molecule has 0 spiro atoms. The minimum absolute atomic E-state index is 0.0975. The second kappa shape index (κ2) is 5.49. The molecule has 0 radical (unpaired) electrons. The molecular weight excluding hydrogens is 211 g/mol. The molecule has 16 heavy (non-hydrogen) atoms. The van der Waals surface area contributed by atoms with Crippen LogP contribution in [0.3, 0.4) is 0 Å². The smallest absolute Gasteiger partial charge is 0.175 e. The van der Waals surface area contributed by atoms with Crippen molar-refractivity contribution in [3.8, 4) is 11.5 Å². The second-order valence-electron chi connectivity index (χ2n) is 3.51. The van der Waals surface area contributed by atoms with Gasteiger partial charge in [0.15, 0.2) is 17.8 Å². The number of carbonyl (C=O) groups is 1. The van der Waals surface area contributed by atoms with Crippen LogP contribution in [0.1, 0.15) is 31.1 Å². The van der Waals surface area contributed by atoms with Crippen molar-refractivity contribution < 1.29 is 18.7 Å². The zero-order chi connectivity index (χ0) is 12.1. The van der Waals surface area contributed by atoms with Gasteiger partial charge in [-0.15, -0.1) is 0 Å². The molecule has 0 aliphatic rings. The quantitative estimate of drug-likeness (QED) is 0.724. The molecule has 1 aromatic rings. The van der Waals surface area contributed by atoms with E-state index in [9.17, 15) is 9.18 Å². The van der Waals surface area contributed by atoms with Crippen LogP contribution in [-0.4, -0.2) is 19.0 Å². The van der Waals surface area contributed by atoms with Gasteiger partial charge in [-0.2, -0.15) is 0 Å². The minimum Gasteiger partial charge on any atom is -0.490 e. The summed E-state index contributed by atoms with van der Waals surface area (Å²) in [6.45, 7) is 5.84. The average molecular weight is 226 g/mol. The van der Waals surface area contributed by atoms with E-state index in [1.807, 2.05) is 6.92 Å². The number of rotatable bonds is 5. The predicted molar refractivity (Wildman–Crippen MR) is 58.7 cm³/mol. The molecule has 0 atom stereocenters. The normalized spacial score (nSPS) is 10.3. The van der Waals surface area contributed by atoms with Crippen molar-refractivity contribution in [2.24, 2.45) is 0 Å². The molecular formula is C12H15FO3. The number of aldehydes is 1. The summed E-state index contributed by atoms with van der Waals surface area (Å²) in [6.07, 6.45) is 0.287. The van der Waals surface area contributed by atoms with Crippen molar-refractivity contribution in [1.29, 1.82) is 0 Å². The first-order valence-electron chi connectivity index (χ1n) is 5.17. The highest BCUT2D eigenvalue weighted by molar-refractivity contribution is 5.81. The summed E-state index contributed by atoms with van der Waals surface area (Å²) in [5, 5.41) is 0. The fourth-order valence-corrected chi connectivity index (χ4v) is 1.29. The largest absolute Gasteiger partial charge is 0.490 e. The number of hydrogen-bond acceptors (Lipinski definition) is 3. The Morgan fingerprint density at radius 1 is 1.44 bits per heavy atom. The van der Waals surface area contributed by atoms with Crippen LogP contribution in [0.15, 0.2) is 12.1 Å². The molecule has 0 bridgehead atoms. The molecule has 0 N–H and O–H groups in total. The van der Waals surface area contributed by atoms with Crippen LogP contribution in [0.2, 0.25) is 0 Å². The highest BCUT2D eigenvalue weighted by Crippen LogP contribution is 2.33. The summed E-state index contributed by atoms with van der Waals surface area (Å²) < 4.78 is 24.0. The van der Waals surface area contributed by atoms with E-state index in [2.05, 4.69) is 0 Å². The second-order valence-corrected chi connectivity index (χ2v) is 3.51. The fourth-order valence-electron chi connectivity index (χ4n) is 1.29. The number of hydrogen-bond donors (Lipinski definition) is 0. The Bertz CT molecular complexity index is 375. The van der Waals surface area contributed by atoms with Crippen molar-refractivity contribution in [2.45, 2.75) is 26.9 Å². The molecule has 0 saturated heterocycles. The van der Waals surface area contributed by atoms with Crippen LogP contribution in [0.4, 0.5) is 4.39 Å². The topological polar surface area (TPSA) is 35.5 Å². The summed E-state index contributed by atoms with van der Waals surface area (Å²) in [7, 11) is 0. The molecule has 0 unspecified atom stereocenters. The molecule has 0 fully saturated rings. The number of carbonyl (C=O) groups excluding carboxylic acids is 1. The molecule has 1 rings (SSSR count). The van der Waals surface area contributed by atoms with Gasteiger partial charge in [-0.3, -0.25) is 4.79 Å². The average Bonchev–Trinajstić information content (AvgIpc) is 2.22. The van der Waals surface area contributed by atoms with Crippen molar-refractivity contribution in [3.05, 3.63) is 23.5 Å². The van der Waals surface area contributed by atoms with Crippen LogP contribution in [0.5, 0.6) is 11.5 Å². The van der Waals surface area contributed by atoms with E-state index >= 15 is 0 Å². The molecule has 0 aliphatic carbocycles. The lowest BCUT2D eigenvalue weighted by Gasteiger charge is -2.16. The third kappa shape index (κ3) is 2.72. The van der Waals surface area contributed by atoms with Crippen LogP contribution < -0.4 is 9.47 Å². The van der Waals surface area contributed by atoms with Gasteiger partial charge in [-0.1, -0.05) is 0 Å². The third-order valence-electron chi connectivity index (χ3n) is 1.88. The first-order valence-corrected chi connectivity index (χ1v) is 5.17. The first kappa shape index (κ1) is 12.5. The number of ether oxygens (including phenoxy) is 2. The lowest BCUT2D eigenvalue weighted by atomic mass is 10.2. The summed E-state index contributed by atoms with van der Waals surface area (Å²) >= 11 is 0. The Morgan fingerprint density at radius 2 is 2.12 bits per heavy atom. The van der Waals surface area contributed by atoms with Crippen LogP contribution in [-0.2, 0) is 0 Å². The van der Waals surface area contributed by atoms with Gasteiger partial charge in [0, 0.05) is 0 Å². The van der Waals surface area contributed by atoms with Gasteiger partial charge in [-0.25, -0.2) is 4.39 Å². The van der Waals surface area contributed by atoms with E-state index < -0.39 is 5.82 Å². The number of benzene rings is 1. The molecule has 0 aliphatic heterocycles. The van der Waals surface area contributed by atoms with E-state index in [0.29, 0.717) is 18.6 Å². The number of halogens is 1. The highest BCUT2D eigenvalue weighted by atomic mass is 19.1. The Kier molecular flexibility index (Phi) is 4.28. The van der Waals surface area contributed by atoms with Crippen LogP contribution in [0.25, 0.3) is 0 Å². The van der Waals surface area contributed by atoms with E-state index in [4.69, 9.17) is 9.47 Å². The lowest BCUT2D eigenvalue weighted by Crippen LogP contribution is -2.10. The van der Waals surface area contributed by atoms with Crippen molar-refractivity contribution in [2.75, 3.05) is 6.61 Å². The molecule has 0 saturated carbocycles. The monoisotopic (exact) mass is 226 g/mol. The van der Waals surface area contributed by atoms with Gasteiger partial charge in [0.1, 0.15) is 5.82 Å². The highest BCUT2D eigenvalue weighted by Gasteiger charge is 2.16. The van der Waals surface area contributed by atoms with Crippen molar-refractivity contribution in [3.63, 3.8) is 0 Å². The maximum Gasteiger partial charge on any atom is 0.175 e. The van der Waals surface area contributed by atoms with Gasteiger partial charge >= 0.3 is 0 Å². The Morgan fingerprint density at radius 3 is 2.62 bits per heavy atom. The molecule has 3 nitrogen and oxygen atoms in total. The Hall–Kier alpha value is -1.58. The van der Waals surface area contributed by atoms with Crippen LogP contribution in [0, 0.1) is 5.82 Å². The van der Waals surface area contributed by atoms with Gasteiger partial charge in [-0.05, 0) is 32.9 Å². The minimum atomic E-state index is -0.603. The van der Waals surface area contributed by atoms with Gasteiger partial charge in [0.05, 0.1) is 18.3 Å². The van der Waals surface area contributed by atoms with Gasteiger partial charge < -0.3 is 9.47 Å². The van der Waals surface area contributed by atoms with Gasteiger partial charge in [0.25, 0.3) is 0 Å². The SMILES string of the molecule is CCOc1ccc(F)c(C=O)c1OC(C)C. The molecule has 4 heteroatoms. The first-order chi connectivity index (χ1) is 7.60. The zero-order valence-electron chi connectivity index (χ0n) is 9.62. The summed E-state index contributed by atoms with van der Waals surface area (Å²) in [4.78, 5) is 10.8. The molecule has 0 amide bonds. The van der Waals surface area contributed by atoms with Crippen molar-refractivity contribution in [1.82, 2.24) is 0 Å². The van der Waals surface area contributed by atoms with E-state index in [-0.39, 0.29) is 17.4 Å². The zero-order valence-corrected chi connectivity index (χ0v) is 9.62. The molecule has 88 valence electrons. The van der Waals surface area contributed by atoms with Gasteiger partial charge in [0.2, 0.25) is 0 Å². The van der Waals surface area contributed by atoms with E-state index in [1.54, 1.807) is 13.8 Å². The maximum absolute atomic E-state index is 13.4. The standard InChI is InChI=1S/C12H15FO3/c1-4-15-11-6-5-10(13)9(7-14)12(11)16-8(2)3/h5-8H,4H2,1-3H3. The van der Waals surface area contributed by atoms with E-state index in [1.165, 1.54) is 12.1 Å². The summed E-state index contributed by atoms with van der Waals surface area (Å²) in [6, 6.07) is 2.66. The molecule has 1 aromatic carbocycles. The molecule has 0 heterocycles. The Balaban J connectivity index is 3.23.